The normalized spacial score (nSPS) is 19.2. The quantitative estimate of drug-likeness (QED) is 0.203. The first-order valence-corrected chi connectivity index (χ1v) is 14.2. The zero-order chi connectivity index (χ0) is 25.7. The van der Waals surface area contributed by atoms with Gasteiger partial charge < -0.3 is 14.7 Å². The molecule has 1 fully saturated rings. The van der Waals surface area contributed by atoms with Crippen LogP contribution in [0.15, 0.2) is 0 Å². The lowest BCUT2D eigenvalue weighted by atomic mass is 9.82. The van der Waals surface area contributed by atoms with E-state index in [1.54, 1.807) is 13.8 Å². The predicted molar refractivity (Wildman–Crippen MR) is 142 cm³/mol. The Morgan fingerprint density at radius 3 is 2.00 bits per heavy atom. The highest BCUT2D eigenvalue weighted by molar-refractivity contribution is 5.69. The molecule has 1 aliphatic heterocycles. The minimum absolute atomic E-state index is 0.0702. The third-order valence-electron chi connectivity index (χ3n) is 7.30. The van der Waals surface area contributed by atoms with Gasteiger partial charge in [0.2, 0.25) is 0 Å². The Balaban J connectivity index is 2.03. The molecule has 34 heavy (non-hydrogen) atoms. The fourth-order valence-electron chi connectivity index (χ4n) is 5.31. The summed E-state index contributed by atoms with van der Waals surface area (Å²) in [7, 11) is 0. The molecule has 0 bridgehead atoms. The number of hydrogen-bond donors (Lipinski definition) is 1. The molecular formula is C29H57NO4. The Labute approximate surface area is 211 Å². The molecule has 5 nitrogen and oxygen atoms in total. The van der Waals surface area contributed by atoms with Gasteiger partial charge in [-0.1, -0.05) is 58.3 Å². The summed E-state index contributed by atoms with van der Waals surface area (Å²) in [6.45, 7) is 15.7. The molecule has 202 valence electrons. The molecule has 1 heterocycles. The number of hydrogen-bond acceptors (Lipinski definition) is 5. The molecule has 0 aromatic heterocycles. The Kier molecular flexibility index (Phi) is 14.3. The fraction of sp³-hybridized carbons (Fsp3) is 0.966. The predicted octanol–water partition coefficient (Wildman–Crippen LogP) is 7.59. The molecule has 0 aromatic rings. The molecule has 1 saturated heterocycles. The van der Waals surface area contributed by atoms with Crippen molar-refractivity contribution < 1.29 is 19.5 Å². The van der Waals surface area contributed by atoms with Crippen molar-refractivity contribution in [2.24, 2.45) is 5.92 Å². The van der Waals surface area contributed by atoms with Gasteiger partial charge in [0.1, 0.15) is 0 Å². The summed E-state index contributed by atoms with van der Waals surface area (Å²) in [6.07, 6.45) is 17.2. The highest BCUT2D eigenvalue weighted by Gasteiger charge is 2.44. The van der Waals surface area contributed by atoms with Crippen molar-refractivity contribution >= 4 is 5.97 Å². The van der Waals surface area contributed by atoms with Gasteiger partial charge in [-0.25, -0.2) is 0 Å². The van der Waals surface area contributed by atoms with Gasteiger partial charge in [0.05, 0.1) is 23.3 Å². The van der Waals surface area contributed by atoms with Crippen molar-refractivity contribution in [2.45, 2.75) is 161 Å². The van der Waals surface area contributed by atoms with Crippen molar-refractivity contribution in [3.05, 3.63) is 0 Å². The van der Waals surface area contributed by atoms with Crippen LogP contribution in [0.25, 0.3) is 0 Å². The van der Waals surface area contributed by atoms with Crippen molar-refractivity contribution in [3.63, 3.8) is 0 Å². The van der Waals surface area contributed by atoms with E-state index in [-0.39, 0.29) is 17.0 Å². The van der Waals surface area contributed by atoms with E-state index in [0.717, 1.165) is 44.6 Å². The number of ether oxygens (including phenoxy) is 1. The van der Waals surface area contributed by atoms with E-state index >= 15 is 0 Å². The molecule has 1 rings (SSSR count). The number of carbonyl (C=O) groups is 1. The topological polar surface area (TPSA) is 59.0 Å². The van der Waals surface area contributed by atoms with Crippen LogP contribution < -0.4 is 0 Å². The van der Waals surface area contributed by atoms with Gasteiger partial charge in [0, 0.05) is 13.0 Å². The first-order chi connectivity index (χ1) is 15.9. The second-order valence-corrected chi connectivity index (χ2v) is 12.5. The van der Waals surface area contributed by atoms with Gasteiger partial charge in [-0.05, 0) is 86.0 Å². The second kappa shape index (κ2) is 15.5. The standard InChI is InChI=1S/C29H57NO4/c1-8-25(19-16-23-33-24-29(6,7)32)18-14-12-10-9-11-13-15-20-26(31)34-30-27(2,3)21-17-22-28(30,4)5/h25,32H,8-24H2,1-7H3. The zero-order valence-electron chi connectivity index (χ0n) is 23.7. The van der Waals surface area contributed by atoms with Gasteiger partial charge in [-0.3, -0.25) is 4.79 Å². The average Bonchev–Trinajstić information content (AvgIpc) is 2.72. The summed E-state index contributed by atoms with van der Waals surface area (Å²) in [5.41, 5.74) is -0.896. The van der Waals surface area contributed by atoms with Crippen molar-refractivity contribution in [1.82, 2.24) is 5.06 Å². The molecule has 0 aliphatic carbocycles. The van der Waals surface area contributed by atoms with Gasteiger partial charge in [0.15, 0.2) is 0 Å². The molecule has 0 spiro atoms. The molecule has 0 saturated carbocycles. The number of rotatable bonds is 18. The molecule has 5 heteroatoms. The lowest BCUT2D eigenvalue weighted by molar-refractivity contribution is -0.265. The molecule has 1 atom stereocenters. The lowest BCUT2D eigenvalue weighted by Crippen LogP contribution is -2.58. The number of nitrogens with zero attached hydrogens (tertiary/aromatic N) is 1. The molecule has 1 unspecified atom stereocenters. The fourth-order valence-corrected chi connectivity index (χ4v) is 5.31. The molecule has 1 aliphatic rings. The van der Waals surface area contributed by atoms with E-state index in [0.29, 0.717) is 13.0 Å². The van der Waals surface area contributed by atoms with Crippen molar-refractivity contribution in [3.8, 4) is 0 Å². The summed E-state index contributed by atoms with van der Waals surface area (Å²) in [5, 5.41) is 11.6. The van der Waals surface area contributed by atoms with Crippen LogP contribution in [0.1, 0.15) is 145 Å². The lowest BCUT2D eigenvalue weighted by Gasteiger charge is -2.50. The van der Waals surface area contributed by atoms with Crippen LogP contribution in [0.2, 0.25) is 0 Å². The zero-order valence-corrected chi connectivity index (χ0v) is 23.7. The van der Waals surface area contributed by atoms with E-state index in [1.807, 2.05) is 5.06 Å². The Bertz CT molecular complexity index is 537. The summed E-state index contributed by atoms with van der Waals surface area (Å²) in [4.78, 5) is 18.3. The van der Waals surface area contributed by atoms with Gasteiger partial charge in [-0.15, -0.1) is 5.06 Å². The molecule has 0 aromatic carbocycles. The van der Waals surface area contributed by atoms with Gasteiger partial charge in [-0.2, -0.15) is 0 Å². The minimum atomic E-state index is -0.727. The largest absolute Gasteiger partial charge is 0.388 e. The van der Waals surface area contributed by atoms with Crippen molar-refractivity contribution in [2.75, 3.05) is 13.2 Å². The SMILES string of the molecule is CCC(CCCCCCCCCC(=O)ON1C(C)(C)CCCC1(C)C)CCCOCC(C)(C)O. The van der Waals surface area contributed by atoms with Crippen LogP contribution >= 0.6 is 0 Å². The molecular weight excluding hydrogens is 426 g/mol. The number of piperidine rings is 1. The highest BCUT2D eigenvalue weighted by atomic mass is 16.7. The summed E-state index contributed by atoms with van der Waals surface area (Å²) in [6, 6.07) is 0. The summed E-state index contributed by atoms with van der Waals surface area (Å²) in [5.74, 6) is 0.728. The molecule has 0 amide bonds. The number of hydroxylamine groups is 2. The monoisotopic (exact) mass is 483 g/mol. The number of carbonyl (C=O) groups excluding carboxylic acids is 1. The highest BCUT2D eigenvalue weighted by Crippen LogP contribution is 2.38. The number of aliphatic hydroxyl groups is 1. The van der Waals surface area contributed by atoms with E-state index in [4.69, 9.17) is 9.57 Å². The van der Waals surface area contributed by atoms with Crippen molar-refractivity contribution in [1.29, 1.82) is 0 Å². The van der Waals surface area contributed by atoms with E-state index in [1.165, 1.54) is 57.8 Å². The van der Waals surface area contributed by atoms with Gasteiger partial charge >= 0.3 is 5.97 Å². The Morgan fingerprint density at radius 1 is 0.912 bits per heavy atom. The van der Waals surface area contributed by atoms with Crippen LogP contribution in [0.4, 0.5) is 0 Å². The van der Waals surface area contributed by atoms with Crippen LogP contribution in [-0.2, 0) is 14.4 Å². The average molecular weight is 484 g/mol. The maximum Gasteiger partial charge on any atom is 0.325 e. The van der Waals surface area contributed by atoms with Crippen LogP contribution in [0, 0.1) is 5.92 Å². The smallest absolute Gasteiger partial charge is 0.325 e. The maximum absolute atomic E-state index is 12.4. The molecule has 1 N–H and O–H groups in total. The molecule has 0 radical (unpaired) electrons. The second-order valence-electron chi connectivity index (χ2n) is 12.5. The first kappa shape index (κ1) is 31.4. The Hall–Kier alpha value is -0.650. The maximum atomic E-state index is 12.4. The van der Waals surface area contributed by atoms with Gasteiger partial charge in [0.25, 0.3) is 0 Å². The number of unbranched alkanes of at least 4 members (excludes halogenated alkanes) is 6. The minimum Gasteiger partial charge on any atom is -0.388 e. The first-order valence-electron chi connectivity index (χ1n) is 14.2. The van der Waals surface area contributed by atoms with E-state index < -0.39 is 5.60 Å². The van der Waals surface area contributed by atoms with E-state index in [9.17, 15) is 9.90 Å². The van der Waals surface area contributed by atoms with E-state index in [2.05, 4.69) is 34.6 Å². The third-order valence-corrected chi connectivity index (χ3v) is 7.30. The summed E-state index contributed by atoms with van der Waals surface area (Å²) < 4.78 is 5.57. The van der Waals surface area contributed by atoms with Crippen LogP contribution in [0.5, 0.6) is 0 Å². The third kappa shape index (κ3) is 13.4. The Morgan fingerprint density at radius 2 is 1.44 bits per heavy atom. The summed E-state index contributed by atoms with van der Waals surface area (Å²) >= 11 is 0. The van der Waals surface area contributed by atoms with Crippen LogP contribution in [-0.4, -0.2) is 46.0 Å². The van der Waals surface area contributed by atoms with Crippen LogP contribution in [0.3, 0.4) is 0 Å².